The number of anilines is 2. The Labute approximate surface area is 155 Å². The number of nitrogens with zero attached hydrogens (tertiary/aromatic N) is 3. The molecule has 0 unspecified atom stereocenters. The van der Waals surface area contributed by atoms with Crippen molar-refractivity contribution in [3.8, 4) is 0 Å². The van der Waals surface area contributed by atoms with Crippen LogP contribution in [0.1, 0.15) is 15.9 Å². The number of aromatic nitrogens is 2. The van der Waals surface area contributed by atoms with Crippen LogP contribution in [0.15, 0.2) is 36.7 Å². The number of aromatic carboxylic acids is 1. The fourth-order valence-corrected chi connectivity index (χ4v) is 3.13. The van der Waals surface area contributed by atoms with Gasteiger partial charge in [0, 0.05) is 27.7 Å². The molecule has 3 rings (SSSR count). The van der Waals surface area contributed by atoms with Gasteiger partial charge in [-0.15, -0.1) is 0 Å². The number of benzene rings is 2. The van der Waals surface area contributed by atoms with Crippen molar-refractivity contribution < 1.29 is 14.8 Å². The minimum absolute atomic E-state index is 0.0325. The van der Waals surface area contributed by atoms with E-state index in [-0.39, 0.29) is 28.0 Å². The first-order chi connectivity index (χ1) is 11.9. The Bertz CT molecular complexity index is 1020. The molecule has 126 valence electrons. The van der Waals surface area contributed by atoms with Gasteiger partial charge in [0.2, 0.25) is 0 Å². The second kappa shape index (κ2) is 6.59. The number of hydrogen-bond donors (Lipinski definition) is 2. The lowest BCUT2D eigenvalue weighted by atomic mass is 10.1. The number of halogens is 1. The van der Waals surface area contributed by atoms with E-state index in [1.54, 1.807) is 6.07 Å². The molecule has 9 heteroatoms. The summed E-state index contributed by atoms with van der Waals surface area (Å²) in [5.41, 5.74) is 1.07. The fraction of sp³-hybridized carbons (Fsp3) is 0.0625. The third-order valence-corrected chi connectivity index (χ3v) is 4.27. The van der Waals surface area contributed by atoms with E-state index in [1.807, 2.05) is 19.1 Å². The van der Waals surface area contributed by atoms with E-state index < -0.39 is 10.9 Å². The average molecular weight is 450 g/mol. The Balaban J connectivity index is 2.27. The van der Waals surface area contributed by atoms with Crippen molar-refractivity contribution in [3.63, 3.8) is 0 Å². The van der Waals surface area contributed by atoms with Crippen molar-refractivity contribution in [2.24, 2.45) is 0 Å². The lowest BCUT2D eigenvalue weighted by Crippen LogP contribution is -2.08. The molecule has 0 amide bonds. The van der Waals surface area contributed by atoms with Crippen molar-refractivity contribution in [3.05, 3.63) is 61.5 Å². The molecule has 3 aromatic rings. The highest BCUT2D eigenvalue weighted by atomic mass is 127. The molecular formula is C16H11IN4O4. The van der Waals surface area contributed by atoms with E-state index in [0.717, 1.165) is 9.13 Å². The van der Waals surface area contributed by atoms with E-state index in [1.165, 1.54) is 18.5 Å². The van der Waals surface area contributed by atoms with Crippen molar-refractivity contribution in [1.82, 2.24) is 9.97 Å². The van der Waals surface area contributed by atoms with Gasteiger partial charge in [0.25, 0.3) is 5.69 Å². The number of non-ortho nitro benzene ring substituents is 1. The zero-order valence-electron chi connectivity index (χ0n) is 12.9. The van der Waals surface area contributed by atoms with E-state index in [4.69, 9.17) is 0 Å². The molecule has 0 radical (unpaired) electrons. The van der Waals surface area contributed by atoms with Gasteiger partial charge >= 0.3 is 5.97 Å². The molecule has 0 aliphatic rings. The molecule has 0 spiro atoms. The zero-order chi connectivity index (χ0) is 18.1. The number of carboxylic acids is 1. The SMILES string of the molecule is Cc1cc(I)ccc1Nc1cc([N+](=O)[O-])c2nccnc2c1C(=O)O. The van der Waals surface area contributed by atoms with Gasteiger partial charge < -0.3 is 10.4 Å². The van der Waals surface area contributed by atoms with Crippen molar-refractivity contribution in [2.45, 2.75) is 6.92 Å². The van der Waals surface area contributed by atoms with Crippen LogP contribution in [0.2, 0.25) is 0 Å². The van der Waals surface area contributed by atoms with E-state index in [2.05, 4.69) is 37.9 Å². The second-order valence-corrected chi connectivity index (χ2v) is 6.46. The summed E-state index contributed by atoms with van der Waals surface area (Å²) >= 11 is 2.17. The van der Waals surface area contributed by atoms with Crippen LogP contribution in [0.25, 0.3) is 11.0 Å². The zero-order valence-corrected chi connectivity index (χ0v) is 15.0. The summed E-state index contributed by atoms with van der Waals surface area (Å²) in [5, 5.41) is 24.0. The van der Waals surface area contributed by atoms with E-state index in [0.29, 0.717) is 5.69 Å². The Morgan fingerprint density at radius 1 is 1.20 bits per heavy atom. The molecule has 0 saturated heterocycles. The maximum Gasteiger partial charge on any atom is 0.340 e. The largest absolute Gasteiger partial charge is 0.478 e. The standard InChI is InChI=1S/C16H11IN4O4/c1-8-6-9(17)2-3-10(8)20-11-7-12(21(24)25)14-15(13(11)16(22)23)19-5-4-18-14/h2-7,20H,1H3,(H,22,23). The van der Waals surface area contributed by atoms with Gasteiger partial charge in [0.05, 0.1) is 10.6 Å². The number of rotatable bonds is 4. The highest BCUT2D eigenvalue weighted by Crippen LogP contribution is 2.34. The smallest absolute Gasteiger partial charge is 0.340 e. The highest BCUT2D eigenvalue weighted by molar-refractivity contribution is 14.1. The predicted octanol–water partition coefficient (Wildman–Crippen LogP) is 3.89. The van der Waals surface area contributed by atoms with Crippen LogP contribution in [0.4, 0.5) is 17.1 Å². The van der Waals surface area contributed by atoms with Crippen LogP contribution in [-0.4, -0.2) is 26.0 Å². The Morgan fingerprint density at radius 3 is 2.48 bits per heavy atom. The Kier molecular flexibility index (Phi) is 4.49. The highest BCUT2D eigenvalue weighted by Gasteiger charge is 2.25. The molecule has 8 nitrogen and oxygen atoms in total. The Hall–Kier alpha value is -2.82. The minimum Gasteiger partial charge on any atom is -0.478 e. The molecule has 1 aromatic heterocycles. The molecule has 25 heavy (non-hydrogen) atoms. The summed E-state index contributed by atoms with van der Waals surface area (Å²) < 4.78 is 1.02. The molecular weight excluding hydrogens is 439 g/mol. The molecule has 0 saturated carbocycles. The van der Waals surface area contributed by atoms with Gasteiger partial charge in [-0.1, -0.05) is 0 Å². The number of nitrogens with one attached hydrogen (secondary N) is 1. The van der Waals surface area contributed by atoms with Gasteiger partial charge in [-0.2, -0.15) is 0 Å². The summed E-state index contributed by atoms with van der Waals surface area (Å²) in [6.45, 7) is 1.86. The molecule has 0 bridgehead atoms. The maximum absolute atomic E-state index is 11.8. The number of fused-ring (bicyclic) bond motifs is 1. The van der Waals surface area contributed by atoms with Gasteiger partial charge in [-0.3, -0.25) is 15.1 Å². The minimum atomic E-state index is -1.24. The summed E-state index contributed by atoms with van der Waals surface area (Å²) in [6.07, 6.45) is 2.59. The van der Waals surface area contributed by atoms with Crippen LogP contribution in [0.5, 0.6) is 0 Å². The number of nitro benzene ring substituents is 1. The maximum atomic E-state index is 11.8. The van der Waals surface area contributed by atoms with Crippen LogP contribution in [-0.2, 0) is 0 Å². The molecule has 2 aromatic carbocycles. The predicted molar refractivity (Wildman–Crippen MR) is 100 cm³/mol. The second-order valence-electron chi connectivity index (χ2n) is 5.22. The quantitative estimate of drug-likeness (QED) is 0.352. The normalized spacial score (nSPS) is 10.6. The summed E-state index contributed by atoms with van der Waals surface area (Å²) in [4.78, 5) is 30.5. The molecule has 0 aliphatic carbocycles. The molecule has 1 heterocycles. The third-order valence-electron chi connectivity index (χ3n) is 3.60. The summed E-state index contributed by atoms with van der Waals surface area (Å²) in [6, 6.07) is 6.73. The number of aryl methyl sites for hydroxylation is 1. The number of hydrogen-bond acceptors (Lipinski definition) is 6. The average Bonchev–Trinajstić information content (AvgIpc) is 2.56. The van der Waals surface area contributed by atoms with E-state index in [9.17, 15) is 20.0 Å². The van der Waals surface area contributed by atoms with Gasteiger partial charge in [-0.25, -0.2) is 9.78 Å². The molecule has 0 aliphatic heterocycles. The van der Waals surface area contributed by atoms with Crippen LogP contribution >= 0.6 is 22.6 Å². The van der Waals surface area contributed by atoms with Crippen molar-refractivity contribution >= 4 is 56.7 Å². The number of carboxylic acid groups (broad SMARTS) is 1. The van der Waals surface area contributed by atoms with Crippen LogP contribution in [0.3, 0.4) is 0 Å². The first-order valence-corrected chi connectivity index (χ1v) is 8.15. The lowest BCUT2D eigenvalue weighted by Gasteiger charge is -2.13. The Morgan fingerprint density at radius 2 is 1.88 bits per heavy atom. The first-order valence-electron chi connectivity index (χ1n) is 7.07. The van der Waals surface area contributed by atoms with Crippen LogP contribution in [0, 0.1) is 20.6 Å². The molecule has 2 N–H and O–H groups in total. The van der Waals surface area contributed by atoms with E-state index >= 15 is 0 Å². The van der Waals surface area contributed by atoms with Crippen molar-refractivity contribution in [1.29, 1.82) is 0 Å². The summed E-state index contributed by atoms with van der Waals surface area (Å²) in [5.74, 6) is -1.24. The van der Waals surface area contributed by atoms with Gasteiger partial charge in [0.1, 0.15) is 11.1 Å². The monoisotopic (exact) mass is 450 g/mol. The number of carbonyl (C=O) groups is 1. The van der Waals surface area contributed by atoms with Crippen LogP contribution < -0.4 is 5.32 Å². The number of nitro groups is 1. The molecule has 0 atom stereocenters. The fourth-order valence-electron chi connectivity index (χ4n) is 2.48. The lowest BCUT2D eigenvalue weighted by molar-refractivity contribution is -0.383. The topological polar surface area (TPSA) is 118 Å². The molecule has 0 fully saturated rings. The summed E-state index contributed by atoms with van der Waals surface area (Å²) in [7, 11) is 0. The third kappa shape index (κ3) is 3.22. The van der Waals surface area contributed by atoms with Gasteiger partial charge in [0.15, 0.2) is 5.52 Å². The van der Waals surface area contributed by atoms with Gasteiger partial charge in [-0.05, 0) is 53.3 Å². The first kappa shape index (κ1) is 17.0. The van der Waals surface area contributed by atoms with Crippen molar-refractivity contribution in [2.75, 3.05) is 5.32 Å².